The van der Waals surface area contributed by atoms with E-state index in [0.717, 1.165) is 51.1 Å². The number of nitrogens with zero attached hydrogens (tertiary/aromatic N) is 1. The number of primary amides is 1. The number of amides is 1. The summed E-state index contributed by atoms with van der Waals surface area (Å²) in [7, 11) is 0. The van der Waals surface area contributed by atoms with Crippen LogP contribution in [0.3, 0.4) is 0 Å². The van der Waals surface area contributed by atoms with E-state index in [1.165, 1.54) is 36.8 Å². The lowest BCUT2D eigenvalue weighted by Crippen LogP contribution is -2.50. The standard InChI is InChI=1S/C24H34N2O2/c1-23(2)11-7-18(8-12-23)21-17-19(5-6-20(21)22(25)27)24(9-3-4-10-24)26-13-15-28-16-14-26/h5-7,17H,3-4,8-16H2,1-2H3,(H2,25,27). The highest BCUT2D eigenvalue weighted by molar-refractivity contribution is 5.98. The largest absolute Gasteiger partial charge is 0.379 e. The molecular formula is C24H34N2O2. The minimum atomic E-state index is -0.320. The predicted molar refractivity (Wildman–Crippen MR) is 113 cm³/mol. The highest BCUT2D eigenvalue weighted by Crippen LogP contribution is 2.46. The minimum Gasteiger partial charge on any atom is -0.379 e. The fourth-order valence-corrected chi connectivity index (χ4v) is 5.37. The van der Waals surface area contributed by atoms with Crippen LogP contribution in [0.2, 0.25) is 0 Å². The topological polar surface area (TPSA) is 55.6 Å². The summed E-state index contributed by atoms with van der Waals surface area (Å²) in [6.45, 7) is 8.24. The molecule has 0 radical (unpaired) electrons. The van der Waals surface area contributed by atoms with Crippen LogP contribution in [0.15, 0.2) is 24.3 Å². The Morgan fingerprint density at radius 3 is 2.43 bits per heavy atom. The fourth-order valence-electron chi connectivity index (χ4n) is 5.37. The van der Waals surface area contributed by atoms with Crippen LogP contribution in [-0.2, 0) is 10.3 Å². The molecule has 1 aromatic rings. The van der Waals surface area contributed by atoms with Crippen molar-refractivity contribution < 1.29 is 9.53 Å². The number of allylic oxidation sites excluding steroid dienone is 2. The SMILES string of the molecule is CC1(C)CC=C(c2cc(C3(N4CCOCC4)CCCC3)ccc2C(N)=O)CC1. The van der Waals surface area contributed by atoms with Gasteiger partial charge in [-0.05, 0) is 66.4 Å². The summed E-state index contributed by atoms with van der Waals surface area (Å²) in [4.78, 5) is 14.8. The van der Waals surface area contributed by atoms with Gasteiger partial charge in [-0.2, -0.15) is 0 Å². The Hall–Kier alpha value is -1.65. The summed E-state index contributed by atoms with van der Waals surface area (Å²) in [5.74, 6) is -0.320. The van der Waals surface area contributed by atoms with Gasteiger partial charge in [0.05, 0.1) is 13.2 Å². The van der Waals surface area contributed by atoms with E-state index in [1.54, 1.807) is 0 Å². The van der Waals surface area contributed by atoms with Gasteiger partial charge in [0.15, 0.2) is 0 Å². The van der Waals surface area contributed by atoms with Gasteiger partial charge in [-0.15, -0.1) is 0 Å². The maximum atomic E-state index is 12.2. The first-order valence-corrected chi connectivity index (χ1v) is 10.9. The van der Waals surface area contributed by atoms with Crippen LogP contribution in [0.25, 0.3) is 5.57 Å². The van der Waals surface area contributed by atoms with Crippen LogP contribution < -0.4 is 5.73 Å². The third-order valence-electron chi connectivity index (χ3n) is 7.19. The first-order valence-electron chi connectivity index (χ1n) is 10.9. The normalized spacial score (nSPS) is 24.7. The molecular weight excluding hydrogens is 348 g/mol. The van der Waals surface area contributed by atoms with E-state index in [0.29, 0.717) is 11.0 Å². The lowest BCUT2D eigenvalue weighted by atomic mass is 9.75. The van der Waals surface area contributed by atoms with E-state index >= 15 is 0 Å². The second-order valence-corrected chi connectivity index (χ2v) is 9.56. The molecule has 1 saturated heterocycles. The molecule has 1 saturated carbocycles. The smallest absolute Gasteiger partial charge is 0.249 e. The molecule has 0 aromatic heterocycles. The number of carbonyl (C=O) groups excluding carboxylic acids is 1. The summed E-state index contributed by atoms with van der Waals surface area (Å²) < 4.78 is 5.62. The van der Waals surface area contributed by atoms with Crippen molar-refractivity contribution in [1.29, 1.82) is 0 Å². The van der Waals surface area contributed by atoms with Crippen molar-refractivity contribution in [3.8, 4) is 0 Å². The summed E-state index contributed by atoms with van der Waals surface area (Å²) in [5, 5.41) is 0. The number of hydrogen-bond donors (Lipinski definition) is 1. The molecule has 0 atom stereocenters. The number of nitrogens with two attached hydrogens (primary N) is 1. The first-order chi connectivity index (χ1) is 13.4. The average Bonchev–Trinajstić information content (AvgIpc) is 3.19. The molecule has 1 aromatic carbocycles. The Balaban J connectivity index is 1.76. The summed E-state index contributed by atoms with van der Waals surface area (Å²) in [5.41, 5.74) is 10.6. The van der Waals surface area contributed by atoms with E-state index in [-0.39, 0.29) is 11.4 Å². The Kier molecular flexibility index (Phi) is 5.36. The highest BCUT2D eigenvalue weighted by Gasteiger charge is 2.42. The van der Waals surface area contributed by atoms with Gasteiger partial charge >= 0.3 is 0 Å². The molecule has 4 rings (SSSR count). The third-order valence-corrected chi connectivity index (χ3v) is 7.19. The average molecular weight is 383 g/mol. The van der Waals surface area contributed by atoms with Crippen LogP contribution in [0.5, 0.6) is 0 Å². The molecule has 0 unspecified atom stereocenters. The van der Waals surface area contributed by atoms with Crippen molar-refractivity contribution in [1.82, 2.24) is 4.90 Å². The van der Waals surface area contributed by atoms with E-state index < -0.39 is 0 Å². The number of hydrogen-bond acceptors (Lipinski definition) is 3. The Bertz CT molecular complexity index is 769. The first kappa shape index (κ1) is 19.7. The van der Waals surface area contributed by atoms with Crippen LogP contribution in [0.1, 0.15) is 80.3 Å². The van der Waals surface area contributed by atoms with Gasteiger partial charge in [0.1, 0.15) is 0 Å². The van der Waals surface area contributed by atoms with Crippen LogP contribution >= 0.6 is 0 Å². The van der Waals surface area contributed by atoms with Crippen molar-refractivity contribution in [3.63, 3.8) is 0 Å². The number of ether oxygens (including phenoxy) is 1. The summed E-state index contributed by atoms with van der Waals surface area (Å²) in [6.07, 6.45) is 10.5. The molecule has 1 heterocycles. The van der Waals surface area contributed by atoms with Gasteiger partial charge in [0, 0.05) is 24.2 Å². The van der Waals surface area contributed by atoms with Crippen LogP contribution in [0.4, 0.5) is 0 Å². The molecule has 2 fully saturated rings. The number of rotatable bonds is 4. The number of benzene rings is 1. The number of morpholine rings is 1. The molecule has 4 heteroatoms. The van der Waals surface area contributed by atoms with Gasteiger partial charge in [-0.1, -0.05) is 38.8 Å². The summed E-state index contributed by atoms with van der Waals surface area (Å²) in [6, 6.07) is 6.44. The van der Waals surface area contributed by atoms with Gasteiger partial charge in [0.25, 0.3) is 0 Å². The Labute approximate surface area is 169 Å². The fraction of sp³-hybridized carbons (Fsp3) is 0.625. The quantitative estimate of drug-likeness (QED) is 0.835. The van der Waals surface area contributed by atoms with Gasteiger partial charge in [-0.25, -0.2) is 0 Å². The highest BCUT2D eigenvalue weighted by atomic mass is 16.5. The van der Waals surface area contributed by atoms with Crippen molar-refractivity contribution >= 4 is 11.5 Å². The zero-order chi connectivity index (χ0) is 19.8. The van der Waals surface area contributed by atoms with Crippen molar-refractivity contribution in [2.45, 2.75) is 64.3 Å². The third kappa shape index (κ3) is 3.65. The van der Waals surface area contributed by atoms with Crippen molar-refractivity contribution in [2.75, 3.05) is 26.3 Å². The maximum Gasteiger partial charge on any atom is 0.249 e. The molecule has 2 N–H and O–H groups in total. The van der Waals surface area contributed by atoms with E-state index in [1.807, 2.05) is 6.07 Å². The van der Waals surface area contributed by atoms with E-state index in [2.05, 4.69) is 37.0 Å². The lowest BCUT2D eigenvalue weighted by Gasteiger charge is -2.44. The van der Waals surface area contributed by atoms with Crippen LogP contribution in [0, 0.1) is 5.41 Å². The molecule has 0 bridgehead atoms. The second-order valence-electron chi connectivity index (χ2n) is 9.56. The Morgan fingerprint density at radius 2 is 1.82 bits per heavy atom. The lowest BCUT2D eigenvalue weighted by molar-refractivity contribution is -0.0231. The molecule has 28 heavy (non-hydrogen) atoms. The predicted octanol–water partition coefficient (Wildman–Crippen LogP) is 4.48. The van der Waals surface area contributed by atoms with Crippen molar-refractivity contribution in [3.05, 3.63) is 41.0 Å². The van der Waals surface area contributed by atoms with E-state index in [9.17, 15) is 4.79 Å². The van der Waals surface area contributed by atoms with E-state index in [4.69, 9.17) is 10.5 Å². The van der Waals surface area contributed by atoms with Gasteiger partial charge in [0.2, 0.25) is 5.91 Å². The molecule has 1 amide bonds. The molecule has 152 valence electrons. The maximum absolute atomic E-state index is 12.2. The molecule has 0 spiro atoms. The minimum absolute atomic E-state index is 0.0865. The van der Waals surface area contributed by atoms with Gasteiger partial charge < -0.3 is 10.5 Å². The Morgan fingerprint density at radius 1 is 1.11 bits per heavy atom. The van der Waals surface area contributed by atoms with Crippen LogP contribution in [-0.4, -0.2) is 37.1 Å². The molecule has 2 aliphatic carbocycles. The summed E-state index contributed by atoms with van der Waals surface area (Å²) >= 11 is 0. The number of carbonyl (C=O) groups is 1. The monoisotopic (exact) mass is 382 g/mol. The second kappa shape index (κ2) is 7.64. The molecule has 3 aliphatic rings. The van der Waals surface area contributed by atoms with Gasteiger partial charge in [-0.3, -0.25) is 9.69 Å². The molecule has 4 nitrogen and oxygen atoms in total. The zero-order valence-corrected chi connectivity index (χ0v) is 17.4. The zero-order valence-electron chi connectivity index (χ0n) is 17.4. The van der Waals surface area contributed by atoms with Crippen molar-refractivity contribution in [2.24, 2.45) is 11.1 Å². The molecule has 1 aliphatic heterocycles.